The SMILES string of the molecule is COC(=O)c1ccc(N2C(=O)C(=O)/C(=C(\O)c3ccc(OC)c(C(C)C)c3)C2c2ccc(N(C)C)cc2)cc1. The molecule has 1 N–H and O–H groups in total. The van der Waals surface area contributed by atoms with Gasteiger partial charge in [-0.3, -0.25) is 14.5 Å². The Labute approximate surface area is 228 Å². The minimum Gasteiger partial charge on any atom is -0.507 e. The molecule has 39 heavy (non-hydrogen) atoms. The van der Waals surface area contributed by atoms with Crippen LogP contribution in [-0.2, 0) is 14.3 Å². The van der Waals surface area contributed by atoms with E-state index in [2.05, 4.69) is 0 Å². The molecule has 1 heterocycles. The van der Waals surface area contributed by atoms with Crippen LogP contribution >= 0.6 is 0 Å². The number of hydrogen-bond acceptors (Lipinski definition) is 7. The number of carbonyl (C=O) groups is 3. The fraction of sp³-hybridized carbons (Fsp3) is 0.258. The summed E-state index contributed by atoms with van der Waals surface area (Å²) < 4.78 is 10.2. The molecule has 0 aliphatic carbocycles. The van der Waals surface area contributed by atoms with Gasteiger partial charge in [0.25, 0.3) is 11.7 Å². The summed E-state index contributed by atoms with van der Waals surface area (Å²) in [6.07, 6.45) is 0. The Morgan fingerprint density at radius 2 is 1.54 bits per heavy atom. The van der Waals surface area contributed by atoms with Gasteiger partial charge in [0.1, 0.15) is 11.5 Å². The van der Waals surface area contributed by atoms with E-state index >= 15 is 0 Å². The number of hydrogen-bond donors (Lipinski definition) is 1. The molecule has 1 amide bonds. The van der Waals surface area contributed by atoms with Gasteiger partial charge in [-0.05, 0) is 71.6 Å². The van der Waals surface area contributed by atoms with Crippen LogP contribution in [0.1, 0.15) is 52.9 Å². The van der Waals surface area contributed by atoms with Crippen molar-refractivity contribution < 1.29 is 29.0 Å². The Bertz CT molecular complexity index is 1440. The number of carbonyl (C=O) groups excluding carboxylic acids is 3. The lowest BCUT2D eigenvalue weighted by atomic mass is 9.93. The highest BCUT2D eigenvalue weighted by Gasteiger charge is 2.47. The number of aliphatic hydroxyl groups is 1. The number of ether oxygens (including phenoxy) is 2. The van der Waals surface area contributed by atoms with Gasteiger partial charge in [-0.1, -0.05) is 26.0 Å². The van der Waals surface area contributed by atoms with Crippen LogP contribution < -0.4 is 14.5 Å². The van der Waals surface area contributed by atoms with E-state index in [0.29, 0.717) is 28.1 Å². The largest absolute Gasteiger partial charge is 0.507 e. The molecule has 3 aromatic carbocycles. The van der Waals surface area contributed by atoms with E-state index in [1.165, 1.54) is 24.1 Å². The highest BCUT2D eigenvalue weighted by Crippen LogP contribution is 2.43. The Morgan fingerprint density at radius 3 is 2.08 bits per heavy atom. The highest BCUT2D eigenvalue weighted by molar-refractivity contribution is 6.51. The smallest absolute Gasteiger partial charge is 0.337 e. The van der Waals surface area contributed by atoms with Crippen LogP contribution in [0.3, 0.4) is 0 Å². The lowest BCUT2D eigenvalue weighted by Gasteiger charge is -2.26. The van der Waals surface area contributed by atoms with Gasteiger partial charge in [0.2, 0.25) is 0 Å². The summed E-state index contributed by atoms with van der Waals surface area (Å²) in [7, 11) is 6.70. The molecule has 1 unspecified atom stereocenters. The summed E-state index contributed by atoms with van der Waals surface area (Å²) in [5.41, 5.74) is 3.56. The molecule has 1 fully saturated rings. The van der Waals surface area contributed by atoms with Crippen molar-refractivity contribution >= 4 is 34.8 Å². The predicted molar refractivity (Wildman–Crippen MR) is 150 cm³/mol. The first-order valence-corrected chi connectivity index (χ1v) is 12.5. The summed E-state index contributed by atoms with van der Waals surface area (Å²) in [5, 5.41) is 11.5. The van der Waals surface area contributed by atoms with E-state index in [-0.39, 0.29) is 17.3 Å². The van der Waals surface area contributed by atoms with Crippen LogP contribution in [0, 0.1) is 0 Å². The van der Waals surface area contributed by atoms with Crippen LogP contribution in [-0.4, -0.2) is 51.1 Å². The number of aliphatic hydroxyl groups excluding tert-OH is 1. The minimum absolute atomic E-state index is 0.0190. The van der Waals surface area contributed by atoms with Crippen molar-refractivity contribution in [2.75, 3.05) is 38.1 Å². The molecule has 0 radical (unpaired) electrons. The second-order valence-corrected chi connectivity index (χ2v) is 9.80. The van der Waals surface area contributed by atoms with Crippen LogP contribution in [0.5, 0.6) is 5.75 Å². The Hall–Kier alpha value is -4.59. The maximum Gasteiger partial charge on any atom is 0.337 e. The summed E-state index contributed by atoms with van der Waals surface area (Å²) in [6, 6.07) is 18.0. The third-order valence-corrected chi connectivity index (χ3v) is 6.86. The number of ketones is 1. The van der Waals surface area contributed by atoms with Crippen molar-refractivity contribution in [2.45, 2.75) is 25.8 Å². The van der Waals surface area contributed by atoms with E-state index in [1.54, 1.807) is 37.4 Å². The number of anilines is 2. The lowest BCUT2D eigenvalue weighted by Crippen LogP contribution is -2.29. The molecule has 1 saturated heterocycles. The maximum atomic E-state index is 13.5. The molecule has 1 aliphatic rings. The van der Waals surface area contributed by atoms with Gasteiger partial charge in [-0.25, -0.2) is 4.79 Å². The van der Waals surface area contributed by atoms with Crippen molar-refractivity contribution in [1.29, 1.82) is 0 Å². The quantitative estimate of drug-likeness (QED) is 0.192. The first-order chi connectivity index (χ1) is 18.6. The van der Waals surface area contributed by atoms with Crippen LogP contribution in [0.2, 0.25) is 0 Å². The molecule has 0 spiro atoms. The number of nitrogens with zero attached hydrogens (tertiary/aromatic N) is 2. The molecule has 1 atom stereocenters. The second-order valence-electron chi connectivity index (χ2n) is 9.80. The number of esters is 1. The van der Waals surface area contributed by atoms with Gasteiger partial charge in [0.05, 0.1) is 31.4 Å². The molecule has 8 heteroatoms. The van der Waals surface area contributed by atoms with Gasteiger partial charge in [-0.2, -0.15) is 0 Å². The Balaban J connectivity index is 1.91. The number of rotatable bonds is 7. The minimum atomic E-state index is -0.894. The molecule has 202 valence electrons. The van der Waals surface area contributed by atoms with Crippen LogP contribution in [0.4, 0.5) is 11.4 Å². The van der Waals surface area contributed by atoms with Crippen molar-refractivity contribution in [3.63, 3.8) is 0 Å². The number of Topliss-reactive ketones (excluding diaryl/α,β-unsaturated/α-hetero) is 1. The topological polar surface area (TPSA) is 96.4 Å². The number of amides is 1. The fourth-order valence-corrected chi connectivity index (χ4v) is 4.73. The van der Waals surface area contributed by atoms with Crippen LogP contribution in [0.25, 0.3) is 5.76 Å². The first-order valence-electron chi connectivity index (χ1n) is 12.5. The maximum absolute atomic E-state index is 13.5. The molecule has 0 aromatic heterocycles. The predicted octanol–water partition coefficient (Wildman–Crippen LogP) is 5.30. The molecule has 3 aromatic rings. The highest BCUT2D eigenvalue weighted by atomic mass is 16.5. The third kappa shape index (κ3) is 5.10. The molecule has 8 nitrogen and oxygen atoms in total. The first kappa shape index (κ1) is 27.4. The Kier molecular flexibility index (Phi) is 7.76. The zero-order valence-electron chi connectivity index (χ0n) is 22.9. The van der Waals surface area contributed by atoms with Gasteiger partial charge in [-0.15, -0.1) is 0 Å². The van der Waals surface area contributed by atoms with Gasteiger partial charge >= 0.3 is 5.97 Å². The standard InChI is InChI=1S/C31H32N2O6/c1-18(2)24-17-21(11-16-25(24)38-5)28(34)26-27(19-7-12-22(13-8-19)32(3)4)33(30(36)29(26)35)23-14-9-20(10-15-23)31(37)39-6/h7-18,27,34H,1-6H3/b28-26-. The lowest BCUT2D eigenvalue weighted by molar-refractivity contribution is -0.132. The van der Waals surface area contributed by atoms with E-state index in [0.717, 1.165) is 11.3 Å². The normalized spacial score (nSPS) is 16.5. The summed E-state index contributed by atoms with van der Waals surface area (Å²) >= 11 is 0. The van der Waals surface area contributed by atoms with E-state index in [4.69, 9.17) is 9.47 Å². The van der Waals surface area contributed by atoms with Crippen molar-refractivity contribution in [1.82, 2.24) is 0 Å². The van der Waals surface area contributed by atoms with Crippen LogP contribution in [0.15, 0.2) is 72.3 Å². The monoisotopic (exact) mass is 528 g/mol. The fourth-order valence-electron chi connectivity index (χ4n) is 4.73. The van der Waals surface area contributed by atoms with Crippen molar-refractivity contribution in [3.05, 3.63) is 94.6 Å². The molecule has 0 saturated carbocycles. The van der Waals surface area contributed by atoms with E-state index < -0.39 is 23.7 Å². The van der Waals surface area contributed by atoms with Crippen molar-refractivity contribution in [3.8, 4) is 5.75 Å². The molecule has 0 bridgehead atoms. The number of benzene rings is 3. The van der Waals surface area contributed by atoms with Crippen molar-refractivity contribution in [2.24, 2.45) is 0 Å². The Morgan fingerprint density at radius 1 is 0.923 bits per heavy atom. The zero-order chi connectivity index (χ0) is 28.4. The van der Waals surface area contributed by atoms with Gasteiger partial charge in [0.15, 0.2) is 0 Å². The number of methoxy groups -OCH3 is 2. The molecule has 4 rings (SSSR count). The molecular formula is C31H32N2O6. The van der Waals surface area contributed by atoms with E-state index in [9.17, 15) is 19.5 Å². The summed E-state index contributed by atoms with van der Waals surface area (Å²) in [5.74, 6) is -1.59. The average Bonchev–Trinajstić information content (AvgIpc) is 3.21. The average molecular weight is 529 g/mol. The zero-order valence-corrected chi connectivity index (χ0v) is 22.9. The molecular weight excluding hydrogens is 496 g/mol. The third-order valence-electron chi connectivity index (χ3n) is 6.86. The molecule has 1 aliphatic heterocycles. The van der Waals surface area contributed by atoms with Gasteiger partial charge < -0.3 is 19.5 Å². The summed E-state index contributed by atoms with van der Waals surface area (Å²) in [6.45, 7) is 4.01. The second kappa shape index (κ2) is 11.0. The summed E-state index contributed by atoms with van der Waals surface area (Å²) in [4.78, 5) is 42.2. The van der Waals surface area contributed by atoms with E-state index in [1.807, 2.05) is 57.1 Å². The van der Waals surface area contributed by atoms with Gasteiger partial charge in [0, 0.05) is 31.0 Å².